The molecule has 0 aromatic heterocycles. The molecule has 0 heterocycles. The first-order valence-corrected chi connectivity index (χ1v) is 5.51. The minimum absolute atomic E-state index is 0.0288. The van der Waals surface area contributed by atoms with Crippen LogP contribution in [0, 0.1) is 5.92 Å². The number of carboxylic acid groups (broad SMARTS) is 2. The van der Waals surface area contributed by atoms with Crippen molar-refractivity contribution in [2.24, 2.45) is 11.7 Å². The molecule has 1 unspecified atom stereocenters. The number of carbonyl (C=O) groups excluding carboxylic acids is 1. The highest BCUT2D eigenvalue weighted by Crippen LogP contribution is 2.27. The molecule has 8 heteroatoms. The first-order valence-electron chi connectivity index (χ1n) is 5.51. The van der Waals surface area contributed by atoms with E-state index < -0.39 is 12.3 Å². The van der Waals surface area contributed by atoms with Crippen molar-refractivity contribution in [1.29, 1.82) is 0 Å². The Kier molecular flexibility index (Phi) is 7.25. The average molecular weight is 264 g/mol. The third kappa shape index (κ3) is 6.38. The van der Waals surface area contributed by atoms with Crippen LogP contribution in [-0.2, 0) is 4.79 Å². The summed E-state index contributed by atoms with van der Waals surface area (Å²) in [7, 11) is 0. The van der Waals surface area contributed by atoms with Gasteiger partial charge in [0.15, 0.2) is 0 Å². The van der Waals surface area contributed by atoms with Gasteiger partial charge in [0.05, 0.1) is 18.8 Å². The maximum atomic E-state index is 10.8. The Labute approximate surface area is 104 Å². The van der Waals surface area contributed by atoms with Crippen molar-refractivity contribution in [3.05, 3.63) is 0 Å². The molecule has 0 saturated heterocycles. The third-order valence-corrected chi connectivity index (χ3v) is 2.74. The number of rotatable bonds is 3. The molecule has 1 saturated carbocycles. The van der Waals surface area contributed by atoms with Crippen LogP contribution in [0.3, 0.4) is 0 Å². The van der Waals surface area contributed by atoms with Gasteiger partial charge in [-0.1, -0.05) is 0 Å². The number of hydrogen-bond acceptors (Lipinski definition) is 5. The van der Waals surface area contributed by atoms with Gasteiger partial charge in [-0.2, -0.15) is 0 Å². The highest BCUT2D eigenvalue weighted by atomic mass is 16.6. The molecule has 0 aromatic rings. The van der Waals surface area contributed by atoms with E-state index in [1.54, 1.807) is 0 Å². The molecule has 0 radical (unpaired) electrons. The van der Waals surface area contributed by atoms with Gasteiger partial charge in [-0.3, -0.25) is 4.79 Å². The molecule has 1 aliphatic rings. The Morgan fingerprint density at radius 3 is 2.17 bits per heavy atom. The molecule has 106 valence electrons. The highest BCUT2D eigenvalue weighted by molar-refractivity contribution is 5.73. The minimum Gasteiger partial charge on any atom is -0.450 e. The summed E-state index contributed by atoms with van der Waals surface area (Å²) < 4.78 is 0. The number of nitrogens with one attached hydrogen (secondary N) is 1. The van der Waals surface area contributed by atoms with E-state index >= 15 is 0 Å². The summed E-state index contributed by atoms with van der Waals surface area (Å²) in [5, 5.41) is 35.0. The smallest absolute Gasteiger partial charge is 0.450 e. The summed E-state index contributed by atoms with van der Waals surface area (Å²) >= 11 is 0. The van der Waals surface area contributed by atoms with Crippen LogP contribution in [0.5, 0.6) is 0 Å². The number of aliphatic hydroxyl groups excluding tert-OH is 2. The van der Waals surface area contributed by atoms with Gasteiger partial charge in [-0.05, 0) is 18.8 Å². The zero-order chi connectivity index (χ0) is 14.3. The first kappa shape index (κ1) is 16.6. The summed E-state index contributed by atoms with van der Waals surface area (Å²) in [5.41, 5.74) is 5.80. The van der Waals surface area contributed by atoms with Crippen LogP contribution in [0.2, 0.25) is 0 Å². The van der Waals surface area contributed by atoms with Crippen LogP contribution < -0.4 is 11.1 Å². The van der Waals surface area contributed by atoms with Crippen molar-refractivity contribution in [2.45, 2.75) is 38.0 Å². The summed E-state index contributed by atoms with van der Waals surface area (Å²) in [6, 6.07) is -0.478. The predicted molar refractivity (Wildman–Crippen MR) is 62.1 cm³/mol. The Balaban J connectivity index is 0.000000631. The van der Waals surface area contributed by atoms with Crippen LogP contribution in [-0.4, -0.2) is 57.3 Å². The molecule has 0 aromatic carbocycles. The quantitative estimate of drug-likeness (QED) is 0.374. The fourth-order valence-electron chi connectivity index (χ4n) is 2.09. The van der Waals surface area contributed by atoms with Crippen LogP contribution in [0.15, 0.2) is 0 Å². The van der Waals surface area contributed by atoms with Crippen molar-refractivity contribution in [2.75, 3.05) is 6.61 Å². The molecule has 1 fully saturated rings. The standard InChI is InChI=1S/C9H18N2O3.CH2O3/c1-5(13)11-9(4-12)7-2-6(14)3-8(7)10;2-1(3)4/h6-9,12,14H,2-4,10H2,1H3,(H,11,13);(H2,2,3,4)/t6-,7-,8+,9?;/m1./s1. The van der Waals surface area contributed by atoms with E-state index in [1.165, 1.54) is 6.92 Å². The molecular weight excluding hydrogens is 244 g/mol. The number of nitrogens with two attached hydrogens (primary N) is 1. The van der Waals surface area contributed by atoms with Gasteiger partial charge in [-0.25, -0.2) is 4.79 Å². The topological polar surface area (TPSA) is 153 Å². The van der Waals surface area contributed by atoms with Crippen molar-refractivity contribution in [3.63, 3.8) is 0 Å². The molecule has 0 spiro atoms. The van der Waals surface area contributed by atoms with Gasteiger partial charge in [0, 0.05) is 13.0 Å². The summed E-state index contributed by atoms with van der Waals surface area (Å²) in [5.74, 6) is -0.212. The van der Waals surface area contributed by atoms with Crippen LogP contribution >= 0.6 is 0 Å². The van der Waals surface area contributed by atoms with Gasteiger partial charge >= 0.3 is 6.16 Å². The second-order valence-electron chi connectivity index (χ2n) is 4.23. The molecule has 18 heavy (non-hydrogen) atoms. The average Bonchev–Trinajstić information content (AvgIpc) is 2.53. The second-order valence-corrected chi connectivity index (χ2v) is 4.23. The van der Waals surface area contributed by atoms with E-state index in [-0.39, 0.29) is 30.5 Å². The lowest BCUT2D eigenvalue weighted by molar-refractivity contribution is -0.120. The number of amides is 1. The van der Waals surface area contributed by atoms with Crippen molar-refractivity contribution in [3.8, 4) is 0 Å². The third-order valence-electron chi connectivity index (χ3n) is 2.74. The van der Waals surface area contributed by atoms with E-state index in [1.807, 2.05) is 0 Å². The van der Waals surface area contributed by atoms with Crippen LogP contribution in [0.25, 0.3) is 0 Å². The number of aliphatic hydroxyl groups is 2. The van der Waals surface area contributed by atoms with Crippen molar-refractivity contribution in [1.82, 2.24) is 5.32 Å². The first-order chi connectivity index (χ1) is 8.27. The van der Waals surface area contributed by atoms with Gasteiger partial charge in [0.1, 0.15) is 0 Å². The summed E-state index contributed by atoms with van der Waals surface area (Å²) in [6.45, 7) is 1.27. The lowest BCUT2D eigenvalue weighted by Crippen LogP contribution is -2.46. The number of hydrogen-bond donors (Lipinski definition) is 6. The summed E-state index contributed by atoms with van der Waals surface area (Å²) in [4.78, 5) is 19.4. The minimum atomic E-state index is -1.83. The van der Waals surface area contributed by atoms with E-state index in [0.717, 1.165) is 0 Å². The van der Waals surface area contributed by atoms with Gasteiger partial charge in [-0.15, -0.1) is 0 Å². The monoisotopic (exact) mass is 264 g/mol. The Bertz CT molecular complexity index is 282. The highest BCUT2D eigenvalue weighted by Gasteiger charge is 2.36. The van der Waals surface area contributed by atoms with E-state index in [9.17, 15) is 9.90 Å². The fraction of sp³-hybridized carbons (Fsp3) is 0.800. The lowest BCUT2D eigenvalue weighted by Gasteiger charge is -2.25. The summed E-state index contributed by atoms with van der Waals surface area (Å²) in [6.07, 6.45) is -1.15. The maximum absolute atomic E-state index is 10.8. The van der Waals surface area contributed by atoms with E-state index in [4.69, 9.17) is 25.8 Å². The largest absolute Gasteiger partial charge is 0.503 e. The zero-order valence-corrected chi connectivity index (χ0v) is 10.1. The van der Waals surface area contributed by atoms with Crippen LogP contribution in [0.4, 0.5) is 4.79 Å². The Hall–Kier alpha value is -1.38. The molecule has 0 aliphatic heterocycles. The normalized spacial score (nSPS) is 27.9. The van der Waals surface area contributed by atoms with Crippen molar-refractivity contribution < 1.29 is 30.0 Å². The molecule has 1 aliphatic carbocycles. The second kappa shape index (κ2) is 7.85. The van der Waals surface area contributed by atoms with E-state index in [2.05, 4.69) is 5.32 Å². The van der Waals surface area contributed by atoms with Gasteiger partial charge < -0.3 is 31.5 Å². The Morgan fingerprint density at radius 2 is 1.89 bits per heavy atom. The van der Waals surface area contributed by atoms with E-state index in [0.29, 0.717) is 12.8 Å². The molecule has 8 nitrogen and oxygen atoms in total. The molecule has 4 atom stereocenters. The van der Waals surface area contributed by atoms with Gasteiger partial charge in [0.2, 0.25) is 5.91 Å². The van der Waals surface area contributed by atoms with Crippen LogP contribution in [0.1, 0.15) is 19.8 Å². The molecule has 1 amide bonds. The van der Waals surface area contributed by atoms with Crippen molar-refractivity contribution >= 4 is 12.1 Å². The zero-order valence-electron chi connectivity index (χ0n) is 10.1. The maximum Gasteiger partial charge on any atom is 0.503 e. The fourth-order valence-corrected chi connectivity index (χ4v) is 2.09. The Morgan fingerprint density at radius 1 is 1.39 bits per heavy atom. The predicted octanol–water partition coefficient (Wildman–Crippen LogP) is -1.20. The molecular formula is C10H20N2O6. The molecule has 0 bridgehead atoms. The SMILES string of the molecule is CC(=O)NC(CO)[C@@H]1C[C@@H](O)C[C@@H]1N.O=C(O)O. The molecule has 1 rings (SSSR count). The molecule has 7 N–H and O–H groups in total. The lowest BCUT2D eigenvalue weighted by atomic mass is 9.95. The van der Waals surface area contributed by atoms with Gasteiger partial charge in [0.25, 0.3) is 0 Å². The number of carbonyl (C=O) groups is 2.